The van der Waals surface area contributed by atoms with Crippen LogP contribution in [0.2, 0.25) is 0 Å². The highest BCUT2D eigenvalue weighted by Crippen LogP contribution is 2.16. The number of amides is 2. The second-order valence-corrected chi connectivity index (χ2v) is 6.14. The van der Waals surface area contributed by atoms with E-state index < -0.39 is 11.4 Å². The van der Waals surface area contributed by atoms with E-state index in [2.05, 4.69) is 10.6 Å². The van der Waals surface area contributed by atoms with Crippen molar-refractivity contribution in [2.75, 3.05) is 11.9 Å². The lowest BCUT2D eigenvalue weighted by molar-refractivity contribution is -0.128. The van der Waals surface area contributed by atoms with Crippen LogP contribution in [-0.4, -0.2) is 29.4 Å². The molecule has 0 atom stereocenters. The normalized spacial score (nSPS) is 10.9. The van der Waals surface area contributed by atoms with Gasteiger partial charge in [-0.25, -0.2) is 4.79 Å². The Morgan fingerprint density at radius 1 is 1.18 bits per heavy atom. The van der Waals surface area contributed by atoms with Crippen LogP contribution in [-0.2, 0) is 9.59 Å². The lowest BCUT2D eigenvalue weighted by Gasteiger charge is -2.17. The van der Waals surface area contributed by atoms with Crippen LogP contribution in [0.3, 0.4) is 0 Å². The van der Waals surface area contributed by atoms with Crippen LogP contribution in [0.5, 0.6) is 0 Å². The largest absolute Gasteiger partial charge is 0.478 e. The number of benzene rings is 1. The number of hydrogen-bond donors (Lipinski definition) is 3. The van der Waals surface area contributed by atoms with E-state index in [1.807, 2.05) is 0 Å². The lowest BCUT2D eigenvalue weighted by Crippen LogP contribution is -2.36. The van der Waals surface area contributed by atoms with E-state index >= 15 is 0 Å². The number of hydrogen-bond acceptors (Lipinski definition) is 3. The van der Waals surface area contributed by atoms with Gasteiger partial charge in [0.1, 0.15) is 0 Å². The van der Waals surface area contributed by atoms with Crippen molar-refractivity contribution in [3.8, 4) is 0 Å². The minimum absolute atomic E-state index is 0.121. The highest BCUT2D eigenvalue weighted by Gasteiger charge is 2.20. The van der Waals surface area contributed by atoms with E-state index in [0.29, 0.717) is 11.3 Å². The summed E-state index contributed by atoms with van der Waals surface area (Å²) >= 11 is 0. The number of anilines is 1. The first-order chi connectivity index (χ1) is 10.1. The minimum Gasteiger partial charge on any atom is -0.478 e. The van der Waals surface area contributed by atoms with Crippen molar-refractivity contribution < 1.29 is 19.5 Å². The molecule has 6 heteroatoms. The molecule has 0 aliphatic heterocycles. The minimum atomic E-state index is -1.04. The van der Waals surface area contributed by atoms with Crippen LogP contribution in [0.25, 0.3) is 0 Å². The Bertz CT molecular complexity index is 588. The summed E-state index contributed by atoms with van der Waals surface area (Å²) in [7, 11) is 0. The van der Waals surface area contributed by atoms with Gasteiger partial charge in [-0.3, -0.25) is 9.59 Å². The Kier molecular flexibility index (Phi) is 5.68. The van der Waals surface area contributed by atoms with Gasteiger partial charge in [-0.05, 0) is 24.6 Å². The summed E-state index contributed by atoms with van der Waals surface area (Å²) in [6, 6.07) is 4.71. The third-order valence-corrected chi connectivity index (χ3v) is 3.07. The van der Waals surface area contributed by atoms with Crippen molar-refractivity contribution >= 4 is 23.5 Å². The van der Waals surface area contributed by atoms with Crippen molar-refractivity contribution in [1.29, 1.82) is 0 Å². The molecule has 0 bridgehead atoms. The molecule has 0 spiro atoms. The lowest BCUT2D eigenvalue weighted by atomic mass is 9.96. The Labute approximate surface area is 129 Å². The molecule has 0 radical (unpaired) electrons. The van der Waals surface area contributed by atoms with Crippen molar-refractivity contribution in [3.63, 3.8) is 0 Å². The van der Waals surface area contributed by atoms with Crippen LogP contribution in [0.1, 0.15) is 43.1 Å². The van der Waals surface area contributed by atoms with Gasteiger partial charge in [0, 0.05) is 24.1 Å². The number of carbonyl (C=O) groups is 3. The summed E-state index contributed by atoms with van der Waals surface area (Å²) in [5.74, 6) is -1.44. The number of carbonyl (C=O) groups excluding carboxylic acids is 2. The first kappa shape index (κ1) is 17.7. The molecule has 0 aliphatic rings. The van der Waals surface area contributed by atoms with Crippen LogP contribution < -0.4 is 10.6 Å². The molecule has 0 saturated heterocycles. The Morgan fingerprint density at radius 2 is 1.82 bits per heavy atom. The standard InChI is InChI=1S/C16H22N2O4/c1-10-5-6-11(9-12(10)14(20)21)18-13(19)7-8-17-15(22)16(2,3)4/h5-6,9H,7-8H2,1-4H3,(H,17,22)(H,18,19)(H,20,21). The fraction of sp³-hybridized carbons (Fsp3) is 0.438. The van der Waals surface area contributed by atoms with Crippen LogP contribution in [0.4, 0.5) is 5.69 Å². The average molecular weight is 306 g/mol. The molecule has 3 N–H and O–H groups in total. The van der Waals surface area contributed by atoms with Gasteiger partial charge in [0.25, 0.3) is 0 Å². The molecular weight excluding hydrogens is 284 g/mol. The zero-order chi connectivity index (χ0) is 16.9. The topological polar surface area (TPSA) is 95.5 Å². The molecule has 120 valence electrons. The van der Waals surface area contributed by atoms with E-state index in [9.17, 15) is 14.4 Å². The molecule has 6 nitrogen and oxygen atoms in total. The van der Waals surface area contributed by atoms with Gasteiger partial charge in [0.05, 0.1) is 5.56 Å². The Hall–Kier alpha value is -2.37. The van der Waals surface area contributed by atoms with E-state index in [0.717, 1.165) is 0 Å². The van der Waals surface area contributed by atoms with Crippen LogP contribution in [0.15, 0.2) is 18.2 Å². The van der Waals surface area contributed by atoms with Gasteiger partial charge in [-0.2, -0.15) is 0 Å². The maximum absolute atomic E-state index is 11.8. The SMILES string of the molecule is Cc1ccc(NC(=O)CCNC(=O)C(C)(C)C)cc1C(=O)O. The third-order valence-electron chi connectivity index (χ3n) is 3.07. The number of rotatable bonds is 5. The van der Waals surface area contributed by atoms with Crippen molar-refractivity contribution in [2.24, 2.45) is 5.41 Å². The zero-order valence-corrected chi connectivity index (χ0v) is 13.3. The fourth-order valence-corrected chi connectivity index (χ4v) is 1.71. The van der Waals surface area contributed by atoms with Crippen molar-refractivity contribution in [3.05, 3.63) is 29.3 Å². The van der Waals surface area contributed by atoms with E-state index in [1.54, 1.807) is 39.8 Å². The highest BCUT2D eigenvalue weighted by molar-refractivity contribution is 5.95. The third kappa shape index (κ3) is 5.20. The van der Waals surface area contributed by atoms with Crippen LogP contribution >= 0.6 is 0 Å². The summed E-state index contributed by atoms with van der Waals surface area (Å²) in [6.45, 7) is 7.31. The highest BCUT2D eigenvalue weighted by atomic mass is 16.4. The molecule has 1 aromatic rings. The quantitative estimate of drug-likeness (QED) is 0.777. The van der Waals surface area contributed by atoms with Gasteiger partial charge in [-0.15, -0.1) is 0 Å². The molecule has 22 heavy (non-hydrogen) atoms. The molecule has 0 unspecified atom stereocenters. The monoisotopic (exact) mass is 306 g/mol. The number of carboxylic acid groups (broad SMARTS) is 1. The Balaban J connectivity index is 2.54. The zero-order valence-electron chi connectivity index (χ0n) is 13.3. The van der Waals surface area contributed by atoms with E-state index in [1.165, 1.54) is 6.07 Å². The molecule has 2 amide bonds. The second-order valence-electron chi connectivity index (χ2n) is 6.14. The fourth-order valence-electron chi connectivity index (χ4n) is 1.71. The van der Waals surface area contributed by atoms with Gasteiger partial charge in [-0.1, -0.05) is 26.8 Å². The summed E-state index contributed by atoms with van der Waals surface area (Å²) in [6.07, 6.45) is 0.123. The molecule has 0 saturated carbocycles. The first-order valence-electron chi connectivity index (χ1n) is 7.03. The predicted molar refractivity (Wildman–Crippen MR) is 83.8 cm³/mol. The average Bonchev–Trinajstić information content (AvgIpc) is 2.39. The number of aromatic carboxylic acids is 1. The molecule has 0 aliphatic carbocycles. The van der Waals surface area contributed by atoms with Gasteiger partial charge >= 0.3 is 5.97 Å². The van der Waals surface area contributed by atoms with Gasteiger partial charge in [0.2, 0.25) is 11.8 Å². The summed E-state index contributed by atoms with van der Waals surface area (Å²) in [5.41, 5.74) is 0.709. The number of nitrogens with one attached hydrogen (secondary N) is 2. The summed E-state index contributed by atoms with van der Waals surface area (Å²) in [5, 5.41) is 14.4. The molecule has 0 heterocycles. The summed E-state index contributed by atoms with van der Waals surface area (Å²) in [4.78, 5) is 34.5. The van der Waals surface area contributed by atoms with E-state index in [4.69, 9.17) is 5.11 Å². The molecule has 0 aromatic heterocycles. The molecule has 1 rings (SSSR count). The molecular formula is C16H22N2O4. The molecule has 0 fully saturated rings. The maximum Gasteiger partial charge on any atom is 0.336 e. The number of aryl methyl sites for hydroxylation is 1. The van der Waals surface area contributed by atoms with Gasteiger partial charge in [0.15, 0.2) is 0 Å². The summed E-state index contributed by atoms with van der Waals surface area (Å²) < 4.78 is 0. The predicted octanol–water partition coefficient (Wildman–Crippen LogP) is 2.18. The van der Waals surface area contributed by atoms with Crippen LogP contribution in [0, 0.1) is 12.3 Å². The van der Waals surface area contributed by atoms with Crippen molar-refractivity contribution in [2.45, 2.75) is 34.1 Å². The molecule has 1 aromatic carbocycles. The maximum atomic E-state index is 11.8. The Morgan fingerprint density at radius 3 is 2.36 bits per heavy atom. The smallest absolute Gasteiger partial charge is 0.336 e. The second kappa shape index (κ2) is 7.06. The van der Waals surface area contributed by atoms with Gasteiger partial charge < -0.3 is 15.7 Å². The first-order valence-corrected chi connectivity index (χ1v) is 7.03. The van der Waals surface area contributed by atoms with E-state index in [-0.39, 0.29) is 30.3 Å². The number of carboxylic acids is 1. The van der Waals surface area contributed by atoms with Crippen molar-refractivity contribution in [1.82, 2.24) is 5.32 Å².